The molecule has 3 nitrogen and oxygen atoms in total. The van der Waals surface area contributed by atoms with Gasteiger partial charge < -0.3 is 0 Å². The minimum Gasteiger partial charge on any atom is -0.255 e. The molecule has 0 fully saturated rings. The van der Waals surface area contributed by atoms with Crippen molar-refractivity contribution in [3.8, 4) is 56.2 Å². The average molecular weight is 718 g/mol. The monoisotopic (exact) mass is 717 g/mol. The fraction of sp³-hybridized carbons (Fsp3) is 0. The zero-order valence-electron chi connectivity index (χ0n) is 29.6. The van der Waals surface area contributed by atoms with E-state index in [2.05, 4.69) is 170 Å². The molecule has 3 aromatic heterocycles. The smallest absolute Gasteiger partial charge is 0.160 e. The summed E-state index contributed by atoms with van der Waals surface area (Å²) in [6, 6.07) is 64.8. The van der Waals surface area contributed by atoms with Crippen LogP contribution in [0, 0.1) is 0 Å². The number of rotatable bonds is 5. The van der Waals surface area contributed by atoms with Gasteiger partial charge in [-0.2, -0.15) is 0 Å². The van der Waals surface area contributed by atoms with Gasteiger partial charge in [-0.15, -0.1) is 11.3 Å². The molecule has 8 aromatic carbocycles. The Morgan fingerprint density at radius 1 is 0.345 bits per heavy atom. The zero-order chi connectivity index (χ0) is 36.3. The van der Waals surface area contributed by atoms with Gasteiger partial charge in [0.15, 0.2) is 5.82 Å². The van der Waals surface area contributed by atoms with E-state index in [9.17, 15) is 0 Å². The SMILES string of the molecule is c1ccc(-c2cc(-c3ccccc3)nc(-c3cc(-c4ccc5c6ccccc6c6ccccc6c5c4)cc(-c4ccnc5c4sc4ccccc45)c3)n2)cc1. The molecule has 0 atom stereocenters. The van der Waals surface area contributed by atoms with Gasteiger partial charge in [-0.05, 0) is 91.5 Å². The summed E-state index contributed by atoms with van der Waals surface area (Å²) in [4.78, 5) is 15.4. The highest BCUT2D eigenvalue weighted by Gasteiger charge is 2.17. The van der Waals surface area contributed by atoms with Gasteiger partial charge in [0, 0.05) is 38.5 Å². The van der Waals surface area contributed by atoms with Crippen LogP contribution in [0.4, 0.5) is 0 Å². The lowest BCUT2D eigenvalue weighted by Gasteiger charge is -2.15. The van der Waals surface area contributed by atoms with Crippen LogP contribution in [0.5, 0.6) is 0 Å². The third-order valence-corrected chi connectivity index (χ3v) is 11.9. The Kier molecular flexibility index (Phi) is 7.35. The van der Waals surface area contributed by atoms with Gasteiger partial charge in [0.1, 0.15) is 0 Å². The van der Waals surface area contributed by atoms with Crippen molar-refractivity contribution in [2.24, 2.45) is 0 Å². The minimum atomic E-state index is 0.683. The minimum absolute atomic E-state index is 0.683. The lowest BCUT2D eigenvalue weighted by Crippen LogP contribution is -1.97. The summed E-state index contributed by atoms with van der Waals surface area (Å²) in [6.45, 7) is 0. The van der Waals surface area contributed by atoms with Crippen LogP contribution in [0.2, 0.25) is 0 Å². The number of thiophene rings is 1. The first kappa shape index (κ1) is 31.5. The molecule has 0 radical (unpaired) electrons. The number of pyridine rings is 1. The van der Waals surface area contributed by atoms with Gasteiger partial charge in [0.05, 0.1) is 21.6 Å². The second kappa shape index (κ2) is 12.8. The molecular formula is C51H31N3S. The average Bonchev–Trinajstić information content (AvgIpc) is 3.66. The van der Waals surface area contributed by atoms with Crippen molar-refractivity contribution in [2.45, 2.75) is 0 Å². The van der Waals surface area contributed by atoms with Crippen molar-refractivity contribution in [3.05, 3.63) is 188 Å². The van der Waals surface area contributed by atoms with E-state index in [-0.39, 0.29) is 0 Å². The number of benzene rings is 8. The third kappa shape index (κ3) is 5.38. The molecule has 0 saturated heterocycles. The van der Waals surface area contributed by atoms with Gasteiger partial charge in [-0.1, -0.05) is 140 Å². The molecule has 11 rings (SSSR count). The number of fused-ring (bicyclic) bond motifs is 9. The van der Waals surface area contributed by atoms with Crippen LogP contribution >= 0.6 is 11.3 Å². The molecule has 0 aliphatic rings. The van der Waals surface area contributed by atoms with Gasteiger partial charge >= 0.3 is 0 Å². The summed E-state index contributed by atoms with van der Waals surface area (Å²) < 4.78 is 2.40. The highest BCUT2D eigenvalue weighted by atomic mass is 32.1. The van der Waals surface area contributed by atoms with Crippen molar-refractivity contribution in [3.63, 3.8) is 0 Å². The molecule has 0 aliphatic carbocycles. The predicted octanol–water partition coefficient (Wildman–Crippen LogP) is 14.0. The topological polar surface area (TPSA) is 38.7 Å². The van der Waals surface area contributed by atoms with E-state index in [0.29, 0.717) is 5.82 Å². The third-order valence-electron chi connectivity index (χ3n) is 10.7. The van der Waals surface area contributed by atoms with E-state index in [0.717, 1.165) is 55.8 Å². The Morgan fingerprint density at radius 2 is 0.873 bits per heavy atom. The Balaban J connectivity index is 1.19. The van der Waals surface area contributed by atoms with Gasteiger partial charge in [-0.3, -0.25) is 4.98 Å². The first-order valence-corrected chi connectivity index (χ1v) is 19.3. The second-order valence-electron chi connectivity index (χ2n) is 14.0. The standard InChI is InChI=1S/C51H31N3S/c1-3-13-32(14-4-1)46-31-47(33-15-5-2-6-16-33)54-51(53-46)37-28-35(27-36(29-37)38-25-26-52-49-44-21-11-12-22-48(44)55-50(38)49)34-23-24-43-41-19-8-7-17-39(41)40-18-9-10-20-42(40)45(43)30-34/h1-31H. The quantitative estimate of drug-likeness (QED) is 0.166. The van der Waals surface area contributed by atoms with E-state index in [1.54, 1.807) is 11.3 Å². The van der Waals surface area contributed by atoms with Crippen molar-refractivity contribution < 1.29 is 0 Å². The Bertz CT molecular complexity index is 3170. The predicted molar refractivity (Wildman–Crippen MR) is 232 cm³/mol. The van der Waals surface area contributed by atoms with Crippen LogP contribution in [-0.4, -0.2) is 15.0 Å². The summed E-state index contributed by atoms with van der Waals surface area (Å²) in [7, 11) is 0. The Labute approximate surface area is 321 Å². The first-order chi connectivity index (χ1) is 27.2. The van der Waals surface area contributed by atoms with Crippen molar-refractivity contribution >= 4 is 64.0 Å². The second-order valence-corrected chi connectivity index (χ2v) is 15.0. The highest BCUT2D eigenvalue weighted by Crippen LogP contribution is 2.42. The van der Waals surface area contributed by atoms with Crippen molar-refractivity contribution in [1.29, 1.82) is 0 Å². The fourth-order valence-corrected chi connectivity index (χ4v) is 9.28. The van der Waals surface area contributed by atoms with Gasteiger partial charge in [-0.25, -0.2) is 9.97 Å². The van der Waals surface area contributed by atoms with E-state index < -0.39 is 0 Å². The number of hydrogen-bond acceptors (Lipinski definition) is 4. The fourth-order valence-electron chi connectivity index (χ4n) is 8.09. The van der Waals surface area contributed by atoms with Crippen LogP contribution < -0.4 is 0 Å². The van der Waals surface area contributed by atoms with Gasteiger partial charge in [0.2, 0.25) is 0 Å². The molecule has 0 saturated carbocycles. The zero-order valence-corrected chi connectivity index (χ0v) is 30.5. The van der Waals surface area contributed by atoms with E-state index in [1.807, 2.05) is 18.3 Å². The number of hydrogen-bond donors (Lipinski definition) is 0. The summed E-state index contributed by atoms with van der Waals surface area (Å²) in [6.07, 6.45) is 1.94. The summed E-state index contributed by atoms with van der Waals surface area (Å²) in [5.41, 5.74) is 10.4. The Morgan fingerprint density at radius 3 is 1.53 bits per heavy atom. The molecule has 4 heteroatoms. The highest BCUT2D eigenvalue weighted by molar-refractivity contribution is 7.26. The molecule has 3 heterocycles. The van der Waals surface area contributed by atoms with Crippen LogP contribution in [0.15, 0.2) is 188 Å². The molecule has 256 valence electrons. The molecule has 0 bridgehead atoms. The Hall–Kier alpha value is -7.01. The van der Waals surface area contributed by atoms with Gasteiger partial charge in [0.25, 0.3) is 0 Å². The summed E-state index contributed by atoms with van der Waals surface area (Å²) in [5.74, 6) is 0.683. The van der Waals surface area contributed by atoms with Crippen LogP contribution in [0.25, 0.3) is 109 Å². The molecule has 11 aromatic rings. The van der Waals surface area contributed by atoms with E-state index in [1.165, 1.54) is 47.1 Å². The van der Waals surface area contributed by atoms with E-state index >= 15 is 0 Å². The van der Waals surface area contributed by atoms with Crippen molar-refractivity contribution in [2.75, 3.05) is 0 Å². The van der Waals surface area contributed by atoms with Crippen LogP contribution in [0.3, 0.4) is 0 Å². The largest absolute Gasteiger partial charge is 0.255 e. The first-order valence-electron chi connectivity index (χ1n) is 18.5. The molecule has 0 unspecified atom stereocenters. The van der Waals surface area contributed by atoms with E-state index in [4.69, 9.17) is 15.0 Å². The van der Waals surface area contributed by atoms with Crippen LogP contribution in [0.1, 0.15) is 0 Å². The summed E-state index contributed by atoms with van der Waals surface area (Å²) >= 11 is 1.80. The molecule has 55 heavy (non-hydrogen) atoms. The van der Waals surface area contributed by atoms with Crippen molar-refractivity contribution in [1.82, 2.24) is 15.0 Å². The summed E-state index contributed by atoms with van der Waals surface area (Å²) in [5, 5.41) is 8.73. The maximum absolute atomic E-state index is 5.27. The number of nitrogens with zero attached hydrogens (tertiary/aromatic N) is 3. The lowest BCUT2D eigenvalue weighted by molar-refractivity contribution is 1.18. The molecular weight excluding hydrogens is 687 g/mol. The normalized spacial score (nSPS) is 11.6. The number of aromatic nitrogens is 3. The maximum atomic E-state index is 5.27. The molecule has 0 N–H and O–H groups in total. The molecule has 0 spiro atoms. The molecule has 0 aliphatic heterocycles. The van der Waals surface area contributed by atoms with Crippen LogP contribution in [-0.2, 0) is 0 Å². The lowest BCUT2D eigenvalue weighted by atomic mass is 9.90. The maximum Gasteiger partial charge on any atom is 0.160 e. The molecule has 0 amide bonds.